The van der Waals surface area contributed by atoms with Gasteiger partial charge in [-0.25, -0.2) is 0 Å². The molecule has 0 bridgehead atoms. The van der Waals surface area contributed by atoms with Crippen molar-refractivity contribution in [1.29, 1.82) is 0 Å². The van der Waals surface area contributed by atoms with Crippen molar-refractivity contribution >= 4 is 5.97 Å². The van der Waals surface area contributed by atoms with Crippen LogP contribution in [0.1, 0.15) is 6.92 Å². The van der Waals surface area contributed by atoms with Gasteiger partial charge in [-0.1, -0.05) is 0 Å². The zero-order chi connectivity index (χ0) is 11.5. The highest BCUT2D eigenvalue weighted by Crippen LogP contribution is 1.84. The van der Waals surface area contributed by atoms with Gasteiger partial charge in [0.15, 0.2) is 0 Å². The predicted molar refractivity (Wildman–Crippen MR) is 53.7 cm³/mol. The average Bonchev–Trinajstić information content (AvgIpc) is 2.21. The van der Waals surface area contributed by atoms with Crippen LogP contribution in [0.2, 0.25) is 0 Å². The number of ether oxygens (including phenoxy) is 3. The SMILES string of the molecule is CCOCCOCCOCC(N)C(=O)O. The van der Waals surface area contributed by atoms with E-state index in [2.05, 4.69) is 0 Å². The monoisotopic (exact) mass is 221 g/mol. The van der Waals surface area contributed by atoms with Crippen molar-refractivity contribution < 1.29 is 24.1 Å². The van der Waals surface area contributed by atoms with Gasteiger partial charge in [-0.15, -0.1) is 0 Å². The first-order valence-corrected chi connectivity index (χ1v) is 4.90. The van der Waals surface area contributed by atoms with Crippen molar-refractivity contribution in [3.63, 3.8) is 0 Å². The highest BCUT2D eigenvalue weighted by atomic mass is 16.5. The van der Waals surface area contributed by atoms with Crippen molar-refractivity contribution in [2.75, 3.05) is 39.6 Å². The number of hydrogen-bond donors (Lipinski definition) is 2. The number of hydrogen-bond acceptors (Lipinski definition) is 5. The lowest BCUT2D eigenvalue weighted by molar-refractivity contribution is -0.140. The fourth-order valence-electron chi connectivity index (χ4n) is 0.764. The van der Waals surface area contributed by atoms with E-state index in [9.17, 15) is 4.79 Å². The zero-order valence-corrected chi connectivity index (χ0v) is 8.98. The van der Waals surface area contributed by atoms with E-state index < -0.39 is 12.0 Å². The number of carboxylic acid groups (broad SMARTS) is 1. The Bertz CT molecular complexity index is 165. The van der Waals surface area contributed by atoms with Crippen LogP contribution in [-0.2, 0) is 19.0 Å². The van der Waals surface area contributed by atoms with Crippen molar-refractivity contribution in [2.24, 2.45) is 5.73 Å². The van der Waals surface area contributed by atoms with Crippen LogP contribution in [0.25, 0.3) is 0 Å². The normalized spacial score (nSPS) is 12.7. The van der Waals surface area contributed by atoms with E-state index >= 15 is 0 Å². The molecule has 0 aliphatic carbocycles. The Labute approximate surface area is 89.3 Å². The second-order valence-corrected chi connectivity index (χ2v) is 2.83. The van der Waals surface area contributed by atoms with Crippen LogP contribution in [-0.4, -0.2) is 56.8 Å². The Morgan fingerprint density at radius 2 is 1.73 bits per heavy atom. The third-order valence-electron chi connectivity index (χ3n) is 1.56. The molecule has 90 valence electrons. The smallest absolute Gasteiger partial charge is 0.322 e. The molecule has 0 spiro atoms. The largest absolute Gasteiger partial charge is 0.480 e. The van der Waals surface area contributed by atoms with Gasteiger partial charge in [0.25, 0.3) is 0 Å². The molecule has 15 heavy (non-hydrogen) atoms. The molecule has 0 radical (unpaired) electrons. The molecule has 6 heteroatoms. The Kier molecular flexibility index (Phi) is 9.40. The second-order valence-electron chi connectivity index (χ2n) is 2.83. The van der Waals surface area contributed by atoms with Gasteiger partial charge < -0.3 is 25.1 Å². The summed E-state index contributed by atoms with van der Waals surface area (Å²) in [6.45, 7) is 4.42. The van der Waals surface area contributed by atoms with Gasteiger partial charge in [-0.2, -0.15) is 0 Å². The summed E-state index contributed by atoms with van der Waals surface area (Å²) in [7, 11) is 0. The maximum atomic E-state index is 10.3. The van der Waals surface area contributed by atoms with Gasteiger partial charge in [0.2, 0.25) is 0 Å². The third kappa shape index (κ3) is 9.61. The van der Waals surface area contributed by atoms with Crippen molar-refractivity contribution in [3.05, 3.63) is 0 Å². The number of carbonyl (C=O) groups is 1. The van der Waals surface area contributed by atoms with E-state index in [0.29, 0.717) is 33.0 Å². The van der Waals surface area contributed by atoms with E-state index in [1.807, 2.05) is 6.92 Å². The summed E-state index contributed by atoms with van der Waals surface area (Å²) in [5.41, 5.74) is 5.21. The minimum absolute atomic E-state index is 0.00412. The highest BCUT2D eigenvalue weighted by Gasteiger charge is 2.10. The Morgan fingerprint density at radius 1 is 1.20 bits per heavy atom. The minimum atomic E-state index is -1.06. The molecule has 1 unspecified atom stereocenters. The lowest BCUT2D eigenvalue weighted by atomic mass is 10.3. The molecule has 0 aliphatic heterocycles. The lowest BCUT2D eigenvalue weighted by Crippen LogP contribution is -2.35. The first kappa shape index (κ1) is 14.3. The number of aliphatic carboxylic acids is 1. The Balaban J connectivity index is 3.08. The highest BCUT2D eigenvalue weighted by molar-refractivity contribution is 5.73. The fourth-order valence-corrected chi connectivity index (χ4v) is 0.764. The van der Waals surface area contributed by atoms with E-state index in [1.165, 1.54) is 0 Å². The quantitative estimate of drug-likeness (QED) is 0.482. The number of nitrogens with two attached hydrogens (primary N) is 1. The standard InChI is InChI=1S/C9H19NO5/c1-2-13-3-4-14-5-6-15-7-8(10)9(11)12/h8H,2-7,10H2,1H3,(H,11,12). The third-order valence-corrected chi connectivity index (χ3v) is 1.56. The fraction of sp³-hybridized carbons (Fsp3) is 0.889. The summed E-state index contributed by atoms with van der Waals surface area (Å²) >= 11 is 0. The zero-order valence-electron chi connectivity index (χ0n) is 8.98. The van der Waals surface area contributed by atoms with Crippen LogP contribution in [0.15, 0.2) is 0 Å². The summed E-state index contributed by atoms with van der Waals surface area (Å²) in [6, 6.07) is -0.964. The van der Waals surface area contributed by atoms with Gasteiger partial charge in [0.1, 0.15) is 6.04 Å². The van der Waals surface area contributed by atoms with E-state index in [1.54, 1.807) is 0 Å². The Morgan fingerprint density at radius 3 is 2.27 bits per heavy atom. The van der Waals surface area contributed by atoms with Gasteiger partial charge in [-0.3, -0.25) is 4.79 Å². The van der Waals surface area contributed by atoms with Crippen molar-refractivity contribution in [3.8, 4) is 0 Å². The second kappa shape index (κ2) is 9.85. The van der Waals surface area contributed by atoms with Crippen molar-refractivity contribution in [2.45, 2.75) is 13.0 Å². The van der Waals surface area contributed by atoms with Crippen LogP contribution in [0.3, 0.4) is 0 Å². The molecule has 0 amide bonds. The lowest BCUT2D eigenvalue weighted by Gasteiger charge is -2.08. The van der Waals surface area contributed by atoms with E-state index in [0.717, 1.165) is 0 Å². The molecular weight excluding hydrogens is 202 g/mol. The van der Waals surface area contributed by atoms with Crippen LogP contribution in [0.4, 0.5) is 0 Å². The van der Waals surface area contributed by atoms with Crippen LogP contribution >= 0.6 is 0 Å². The number of carboxylic acids is 1. The molecule has 3 N–H and O–H groups in total. The van der Waals surface area contributed by atoms with Gasteiger partial charge in [-0.05, 0) is 6.92 Å². The van der Waals surface area contributed by atoms with Crippen LogP contribution < -0.4 is 5.73 Å². The molecule has 0 saturated heterocycles. The summed E-state index contributed by atoms with van der Waals surface area (Å²) in [6.07, 6.45) is 0. The van der Waals surface area contributed by atoms with Crippen LogP contribution in [0.5, 0.6) is 0 Å². The first-order chi connectivity index (χ1) is 7.18. The molecule has 0 aromatic heterocycles. The first-order valence-electron chi connectivity index (χ1n) is 4.90. The molecule has 0 heterocycles. The molecule has 0 aromatic carbocycles. The summed E-state index contributed by atoms with van der Waals surface area (Å²) in [5.74, 6) is -1.06. The van der Waals surface area contributed by atoms with Gasteiger partial charge in [0, 0.05) is 6.61 Å². The molecule has 0 fully saturated rings. The maximum absolute atomic E-state index is 10.3. The van der Waals surface area contributed by atoms with E-state index in [4.69, 9.17) is 25.1 Å². The summed E-state index contributed by atoms with van der Waals surface area (Å²) in [5, 5.41) is 8.43. The van der Waals surface area contributed by atoms with E-state index in [-0.39, 0.29) is 6.61 Å². The molecule has 0 aromatic rings. The molecule has 0 aliphatic rings. The van der Waals surface area contributed by atoms with Crippen LogP contribution in [0, 0.1) is 0 Å². The van der Waals surface area contributed by atoms with Gasteiger partial charge >= 0.3 is 5.97 Å². The summed E-state index contributed by atoms with van der Waals surface area (Å²) < 4.78 is 15.2. The maximum Gasteiger partial charge on any atom is 0.322 e. The molecule has 0 saturated carbocycles. The minimum Gasteiger partial charge on any atom is -0.480 e. The molecule has 0 rings (SSSR count). The topological polar surface area (TPSA) is 91.0 Å². The molecular formula is C9H19NO5. The number of rotatable bonds is 10. The van der Waals surface area contributed by atoms with Crippen molar-refractivity contribution in [1.82, 2.24) is 0 Å². The summed E-state index contributed by atoms with van der Waals surface area (Å²) in [4.78, 5) is 10.3. The predicted octanol–water partition coefficient (Wildman–Crippen LogP) is -0.532. The average molecular weight is 221 g/mol. The van der Waals surface area contributed by atoms with Gasteiger partial charge in [0.05, 0.1) is 33.0 Å². The Hall–Kier alpha value is -0.690. The molecule has 1 atom stereocenters. The molecule has 6 nitrogen and oxygen atoms in total.